The number of para-hydroxylation sites is 1. The van der Waals surface area contributed by atoms with Crippen molar-refractivity contribution in [3.05, 3.63) is 148 Å². The summed E-state index contributed by atoms with van der Waals surface area (Å²) in [5, 5.41) is 1.26. The molecule has 0 spiro atoms. The zero-order valence-corrected chi connectivity index (χ0v) is 27.0. The Balaban J connectivity index is 0.000000152. The van der Waals surface area contributed by atoms with Gasteiger partial charge in [0, 0.05) is 54.4 Å². The van der Waals surface area contributed by atoms with E-state index in [-0.39, 0.29) is 11.1 Å². The third kappa shape index (κ3) is 7.27. The molecule has 2 fully saturated rings. The summed E-state index contributed by atoms with van der Waals surface area (Å²) in [5.41, 5.74) is 9.01. The molecule has 2 saturated heterocycles. The fourth-order valence-electron chi connectivity index (χ4n) is 7.64. The van der Waals surface area contributed by atoms with Crippen LogP contribution in [0, 0.1) is 0 Å². The van der Waals surface area contributed by atoms with Gasteiger partial charge in [-0.2, -0.15) is 0 Å². The van der Waals surface area contributed by atoms with Crippen molar-refractivity contribution >= 4 is 16.5 Å². The number of rotatable bonds is 8. The Hall–Kier alpha value is -4.20. The van der Waals surface area contributed by atoms with Gasteiger partial charge in [0.25, 0.3) is 12.9 Å². The third-order valence-corrected chi connectivity index (χ3v) is 10.2. The SMILES string of the molecule is FC(F)c1cccc(C2CCN(CC3=CCc4ccccc43)C2)c1.FC(F)c1cccc(C2CCN(Cc3c[nH]c4ccccc34)C2)c1. The first kappa shape index (κ1) is 32.4. The first-order chi connectivity index (χ1) is 23.4. The number of hydrogen-bond acceptors (Lipinski definition) is 2. The van der Waals surface area contributed by atoms with Crippen LogP contribution >= 0.6 is 0 Å². The van der Waals surface area contributed by atoms with Crippen LogP contribution in [0.5, 0.6) is 0 Å². The van der Waals surface area contributed by atoms with Gasteiger partial charge >= 0.3 is 0 Å². The van der Waals surface area contributed by atoms with Gasteiger partial charge in [-0.05, 0) is 95.8 Å². The van der Waals surface area contributed by atoms with Crippen LogP contribution in [0.4, 0.5) is 17.6 Å². The van der Waals surface area contributed by atoms with E-state index in [1.165, 1.54) is 39.8 Å². The molecule has 1 aliphatic carbocycles. The van der Waals surface area contributed by atoms with Gasteiger partial charge < -0.3 is 4.98 Å². The second-order valence-electron chi connectivity index (χ2n) is 13.3. The maximum absolute atomic E-state index is 12.9. The van der Waals surface area contributed by atoms with Crippen LogP contribution in [0.2, 0.25) is 0 Å². The number of benzene rings is 4. The van der Waals surface area contributed by atoms with Crippen molar-refractivity contribution in [1.29, 1.82) is 0 Å². The lowest BCUT2D eigenvalue weighted by Crippen LogP contribution is -2.22. The number of halogens is 4. The summed E-state index contributed by atoms with van der Waals surface area (Å²) >= 11 is 0. The average Bonchev–Trinajstić information content (AvgIpc) is 3.94. The van der Waals surface area contributed by atoms with Crippen LogP contribution in [-0.2, 0) is 13.0 Å². The van der Waals surface area contributed by atoms with E-state index in [1.807, 2.05) is 18.2 Å². The number of aromatic nitrogens is 1. The molecule has 0 amide bonds. The molecular formula is C41H41F4N3. The Bertz CT molecular complexity index is 1880. The van der Waals surface area contributed by atoms with E-state index >= 15 is 0 Å². The van der Waals surface area contributed by atoms with Crippen LogP contribution < -0.4 is 0 Å². The highest BCUT2D eigenvalue weighted by molar-refractivity contribution is 5.83. The Morgan fingerprint density at radius 1 is 0.667 bits per heavy atom. The molecule has 48 heavy (non-hydrogen) atoms. The Kier molecular flexibility index (Phi) is 9.78. The van der Waals surface area contributed by atoms with E-state index in [9.17, 15) is 17.6 Å². The van der Waals surface area contributed by atoms with Gasteiger partial charge in [-0.15, -0.1) is 0 Å². The number of nitrogens with zero attached hydrogens (tertiary/aromatic N) is 2. The van der Waals surface area contributed by atoms with E-state index in [2.05, 4.69) is 69.5 Å². The number of alkyl halides is 4. The smallest absolute Gasteiger partial charge is 0.263 e. The number of likely N-dealkylation sites (tertiary alicyclic amines) is 2. The predicted octanol–water partition coefficient (Wildman–Crippen LogP) is 10.1. The molecule has 1 N–H and O–H groups in total. The van der Waals surface area contributed by atoms with Crippen LogP contribution in [0.3, 0.4) is 0 Å². The predicted molar refractivity (Wildman–Crippen MR) is 186 cm³/mol. The van der Waals surface area contributed by atoms with Crippen molar-refractivity contribution in [1.82, 2.24) is 14.8 Å². The minimum Gasteiger partial charge on any atom is -0.361 e. The molecule has 3 heterocycles. The van der Waals surface area contributed by atoms with Crippen LogP contribution in [0.15, 0.2) is 109 Å². The topological polar surface area (TPSA) is 22.3 Å². The molecule has 2 unspecified atom stereocenters. The highest BCUT2D eigenvalue weighted by Crippen LogP contribution is 2.34. The Labute approximate surface area is 279 Å². The first-order valence-electron chi connectivity index (χ1n) is 16.9. The molecule has 7 heteroatoms. The maximum Gasteiger partial charge on any atom is 0.263 e. The van der Waals surface area contributed by atoms with Crippen molar-refractivity contribution in [3.63, 3.8) is 0 Å². The summed E-state index contributed by atoms with van der Waals surface area (Å²) in [5.74, 6) is 0.704. The van der Waals surface area contributed by atoms with Gasteiger partial charge in [-0.3, -0.25) is 9.80 Å². The summed E-state index contributed by atoms with van der Waals surface area (Å²) in [4.78, 5) is 8.18. The summed E-state index contributed by atoms with van der Waals surface area (Å²) in [6.07, 6.45) is 2.72. The zero-order valence-electron chi connectivity index (χ0n) is 27.0. The largest absolute Gasteiger partial charge is 0.361 e. The lowest BCUT2D eigenvalue weighted by atomic mass is 9.97. The molecular weight excluding hydrogens is 610 g/mol. The van der Waals surface area contributed by atoms with Gasteiger partial charge in [0.15, 0.2) is 0 Å². The van der Waals surface area contributed by atoms with E-state index in [0.29, 0.717) is 11.8 Å². The van der Waals surface area contributed by atoms with Crippen molar-refractivity contribution in [2.24, 2.45) is 0 Å². The van der Waals surface area contributed by atoms with Gasteiger partial charge in [0.1, 0.15) is 0 Å². The molecule has 0 radical (unpaired) electrons. The minimum absolute atomic E-state index is 0.127. The van der Waals surface area contributed by atoms with E-state index in [0.717, 1.165) is 75.2 Å². The highest BCUT2D eigenvalue weighted by atomic mass is 19.3. The molecule has 4 aromatic carbocycles. The molecule has 2 atom stereocenters. The molecule has 3 nitrogen and oxygen atoms in total. The molecule has 3 aliphatic rings. The lowest BCUT2D eigenvalue weighted by Gasteiger charge is -2.18. The van der Waals surface area contributed by atoms with Gasteiger partial charge in [-0.1, -0.05) is 84.9 Å². The fourth-order valence-corrected chi connectivity index (χ4v) is 7.64. The molecule has 0 bridgehead atoms. The zero-order chi connectivity index (χ0) is 33.0. The van der Waals surface area contributed by atoms with Gasteiger partial charge in [0.2, 0.25) is 0 Å². The summed E-state index contributed by atoms with van der Waals surface area (Å²) in [6, 6.07) is 30.8. The molecule has 1 aromatic heterocycles. The third-order valence-electron chi connectivity index (χ3n) is 10.2. The number of H-pyrrole nitrogens is 1. The molecule has 5 aromatic rings. The summed E-state index contributed by atoms with van der Waals surface area (Å²) in [7, 11) is 0. The maximum atomic E-state index is 12.9. The summed E-state index contributed by atoms with van der Waals surface area (Å²) in [6.45, 7) is 5.77. The van der Waals surface area contributed by atoms with E-state index < -0.39 is 12.9 Å². The second-order valence-corrected chi connectivity index (χ2v) is 13.3. The minimum atomic E-state index is -2.39. The number of nitrogens with one attached hydrogen (secondary N) is 1. The fraction of sp³-hybridized carbons (Fsp3) is 0.317. The van der Waals surface area contributed by atoms with Crippen molar-refractivity contribution < 1.29 is 17.6 Å². The lowest BCUT2D eigenvalue weighted by molar-refractivity contribution is 0.151. The van der Waals surface area contributed by atoms with E-state index in [4.69, 9.17) is 0 Å². The van der Waals surface area contributed by atoms with Crippen molar-refractivity contribution in [3.8, 4) is 0 Å². The standard InChI is InChI=1S/C21H21F2N.C20H20F2N2/c22-21(23)17-6-3-5-16(12-17)18-10-11-24(13-18)14-19-9-8-15-4-1-2-7-20(15)19;21-20(22)15-5-3-4-14(10-15)16-8-9-24(12-16)13-17-11-23-19-7-2-1-6-18(17)19/h1-7,9,12,18,21H,8,10-11,13-14H2;1-7,10-11,16,20,23H,8-9,12-13H2. The summed E-state index contributed by atoms with van der Waals surface area (Å²) < 4.78 is 51.6. The normalized spacial score (nSPS) is 19.6. The molecule has 0 saturated carbocycles. The molecule has 248 valence electrons. The van der Waals surface area contributed by atoms with Crippen LogP contribution in [-0.4, -0.2) is 47.5 Å². The number of hydrogen-bond donors (Lipinski definition) is 1. The molecule has 8 rings (SSSR count). The van der Waals surface area contributed by atoms with Gasteiger partial charge in [-0.25, -0.2) is 17.6 Å². The van der Waals surface area contributed by atoms with Crippen molar-refractivity contribution in [2.75, 3.05) is 32.7 Å². The van der Waals surface area contributed by atoms with E-state index in [1.54, 1.807) is 24.3 Å². The average molecular weight is 652 g/mol. The second kappa shape index (κ2) is 14.5. The number of fused-ring (bicyclic) bond motifs is 2. The Morgan fingerprint density at radius 3 is 1.94 bits per heavy atom. The van der Waals surface area contributed by atoms with Crippen LogP contribution in [0.25, 0.3) is 16.5 Å². The highest BCUT2D eigenvalue weighted by Gasteiger charge is 2.27. The Morgan fingerprint density at radius 2 is 1.27 bits per heavy atom. The first-order valence-corrected chi connectivity index (χ1v) is 16.9. The van der Waals surface area contributed by atoms with Gasteiger partial charge in [0.05, 0.1) is 0 Å². The quantitative estimate of drug-likeness (QED) is 0.169. The van der Waals surface area contributed by atoms with Crippen molar-refractivity contribution in [2.45, 2.75) is 50.5 Å². The number of allylic oxidation sites excluding steroid dienone is 1. The molecule has 2 aliphatic heterocycles. The monoisotopic (exact) mass is 651 g/mol. The van der Waals surface area contributed by atoms with Crippen LogP contribution in [0.1, 0.15) is 76.5 Å². The number of aromatic amines is 1.